The van der Waals surface area contributed by atoms with E-state index in [1.807, 2.05) is 12.5 Å². The molecule has 0 aliphatic rings. The zero-order chi connectivity index (χ0) is 34.2. The van der Waals surface area contributed by atoms with Gasteiger partial charge in [-0.3, -0.25) is 0 Å². The van der Waals surface area contributed by atoms with Gasteiger partial charge < -0.3 is 14.7 Å². The molecule has 0 spiro atoms. The van der Waals surface area contributed by atoms with E-state index in [9.17, 15) is 36.4 Å². The maximum Gasteiger partial charge on any atom is 0.435 e. The lowest BCUT2D eigenvalue weighted by Crippen LogP contribution is -2.46. The van der Waals surface area contributed by atoms with E-state index in [-0.39, 0.29) is 33.7 Å². The first kappa shape index (κ1) is 35.0. The highest BCUT2D eigenvalue weighted by atomic mass is 32.2. The maximum atomic E-state index is 13.5. The minimum Gasteiger partial charge on any atom is -0.756 e. The SMILES string of the molecule is Cc1ccc(-c2cc(C(F)(F)F)nn2-c2ccc(S(=O)(=O)NC(=O)OCCN(C)N([O-])NOCOC(=O)c3ccccc3)cc2)cc1. The molecule has 0 aliphatic heterocycles. The number of benzene rings is 3. The molecule has 0 aliphatic carbocycles. The molecule has 3 aromatic carbocycles. The number of likely N-dealkylation sites (N-methyl/N-ethyl adjacent to an activating group) is 1. The van der Waals surface area contributed by atoms with Crippen LogP contribution in [0.4, 0.5) is 18.0 Å². The summed E-state index contributed by atoms with van der Waals surface area (Å²) in [6.45, 7) is 0.597. The standard InChI is InChI=1S/C29H28F3N6O8S/c1-20-8-10-21(11-9-20)25-18-26(29(30,31)32)33-37(25)23-12-14-24(15-13-23)47(42,43)34-28(40)44-17-16-36(2)38(41)35-46-19-45-27(39)22-6-4-3-5-7-22/h3-15,18,35H,16-17,19H2,1-2H3,(H,34,40)/q-1. The first-order valence-corrected chi connectivity index (χ1v) is 15.0. The Morgan fingerprint density at radius 2 is 1.64 bits per heavy atom. The summed E-state index contributed by atoms with van der Waals surface area (Å²) in [6.07, 6.45) is -6.07. The number of hydrogen-bond acceptors (Lipinski definition) is 12. The molecule has 4 rings (SSSR count). The van der Waals surface area contributed by atoms with Crippen molar-refractivity contribution in [3.8, 4) is 16.9 Å². The predicted molar refractivity (Wildman–Crippen MR) is 159 cm³/mol. The van der Waals surface area contributed by atoms with Gasteiger partial charge in [0.1, 0.15) is 6.61 Å². The molecule has 0 saturated carbocycles. The third kappa shape index (κ3) is 9.58. The Bertz CT molecular complexity index is 1770. The van der Waals surface area contributed by atoms with E-state index in [0.29, 0.717) is 5.56 Å². The number of aromatic nitrogens is 2. The molecule has 47 heavy (non-hydrogen) atoms. The first-order chi connectivity index (χ1) is 22.2. The van der Waals surface area contributed by atoms with Crippen molar-refractivity contribution in [3.63, 3.8) is 0 Å². The number of hydrogen-bond donors (Lipinski definition) is 2. The summed E-state index contributed by atoms with van der Waals surface area (Å²) in [7, 11) is -3.15. The van der Waals surface area contributed by atoms with Crippen molar-refractivity contribution < 1.29 is 45.5 Å². The van der Waals surface area contributed by atoms with Crippen LogP contribution in [0, 0.1) is 12.1 Å². The van der Waals surface area contributed by atoms with E-state index in [1.165, 1.54) is 31.3 Å². The smallest absolute Gasteiger partial charge is 0.435 e. The Kier molecular flexibility index (Phi) is 11.3. The Hall–Kier alpha value is -4.85. The number of esters is 1. The fourth-order valence-corrected chi connectivity index (χ4v) is 4.75. The van der Waals surface area contributed by atoms with E-state index >= 15 is 0 Å². The molecule has 250 valence electrons. The van der Waals surface area contributed by atoms with Gasteiger partial charge in [-0.1, -0.05) is 48.0 Å². The molecule has 0 fully saturated rings. The Labute approximate surface area is 266 Å². The lowest BCUT2D eigenvalue weighted by molar-refractivity contribution is -0.187. The number of alkyl halides is 3. The summed E-state index contributed by atoms with van der Waals surface area (Å²) in [5.74, 6) is -0.673. The number of nitrogens with one attached hydrogen (secondary N) is 2. The van der Waals surface area contributed by atoms with Crippen LogP contribution in [0.25, 0.3) is 16.9 Å². The molecule has 1 aromatic heterocycles. The second kappa shape index (κ2) is 15.2. The van der Waals surface area contributed by atoms with Crippen LogP contribution in [0.3, 0.4) is 0 Å². The number of hydrazine groups is 2. The number of ether oxygens (including phenoxy) is 2. The van der Waals surface area contributed by atoms with Gasteiger partial charge in [-0.2, -0.15) is 18.3 Å². The van der Waals surface area contributed by atoms with Crippen molar-refractivity contribution in [2.75, 3.05) is 27.0 Å². The quantitative estimate of drug-likeness (QED) is 0.0898. The molecular weight excluding hydrogens is 649 g/mol. The lowest BCUT2D eigenvalue weighted by Gasteiger charge is -2.35. The highest BCUT2D eigenvalue weighted by molar-refractivity contribution is 7.90. The first-order valence-electron chi connectivity index (χ1n) is 13.6. The van der Waals surface area contributed by atoms with Gasteiger partial charge in [0.05, 0.1) is 21.8 Å². The highest BCUT2D eigenvalue weighted by Gasteiger charge is 2.35. The average molecular weight is 678 g/mol. The molecule has 2 N–H and O–H groups in total. The summed E-state index contributed by atoms with van der Waals surface area (Å²) >= 11 is 0. The number of amides is 1. The molecule has 0 saturated heterocycles. The normalized spacial score (nSPS) is 11.9. The van der Waals surface area contributed by atoms with Gasteiger partial charge in [-0.05, 0) is 49.4 Å². The molecule has 0 unspecified atom stereocenters. The van der Waals surface area contributed by atoms with Gasteiger partial charge in [0.2, 0.25) is 6.79 Å². The largest absolute Gasteiger partial charge is 0.756 e. The van der Waals surface area contributed by atoms with Crippen LogP contribution in [0.1, 0.15) is 21.6 Å². The highest BCUT2D eigenvalue weighted by Crippen LogP contribution is 2.33. The van der Waals surface area contributed by atoms with Crippen molar-refractivity contribution in [1.82, 2.24) is 30.4 Å². The molecule has 4 aromatic rings. The fraction of sp³-hybridized carbons (Fsp3) is 0.207. The van der Waals surface area contributed by atoms with Crippen molar-refractivity contribution in [2.45, 2.75) is 18.0 Å². The molecule has 1 amide bonds. The summed E-state index contributed by atoms with van der Waals surface area (Å²) in [5, 5.41) is 16.7. The van der Waals surface area contributed by atoms with Crippen molar-refractivity contribution in [3.05, 3.63) is 107 Å². The number of aryl methyl sites for hydroxylation is 1. The number of halogens is 3. The van der Waals surface area contributed by atoms with E-state index in [0.717, 1.165) is 33.5 Å². The second-order valence-corrected chi connectivity index (χ2v) is 11.4. The number of carbonyl (C=O) groups is 2. The average Bonchev–Trinajstić information content (AvgIpc) is 3.50. The van der Waals surface area contributed by atoms with Crippen molar-refractivity contribution in [2.24, 2.45) is 0 Å². The van der Waals surface area contributed by atoms with Crippen LogP contribution in [0.15, 0.2) is 89.8 Å². The van der Waals surface area contributed by atoms with Crippen LogP contribution < -0.4 is 10.3 Å². The third-order valence-electron chi connectivity index (χ3n) is 6.32. The zero-order valence-corrected chi connectivity index (χ0v) is 25.6. The van der Waals surface area contributed by atoms with Gasteiger partial charge in [0.15, 0.2) is 5.69 Å². The van der Waals surface area contributed by atoms with Crippen molar-refractivity contribution in [1.29, 1.82) is 0 Å². The maximum absolute atomic E-state index is 13.5. The lowest BCUT2D eigenvalue weighted by atomic mass is 10.1. The second-order valence-electron chi connectivity index (χ2n) is 9.73. The number of carbonyl (C=O) groups excluding carboxylic acids is 2. The molecule has 14 nitrogen and oxygen atoms in total. The van der Waals surface area contributed by atoms with Crippen molar-refractivity contribution >= 4 is 22.1 Å². The zero-order valence-electron chi connectivity index (χ0n) is 24.8. The Morgan fingerprint density at radius 1 is 0.979 bits per heavy atom. The van der Waals surface area contributed by atoms with Crippen LogP contribution >= 0.6 is 0 Å². The Morgan fingerprint density at radius 3 is 2.28 bits per heavy atom. The minimum atomic E-state index is -4.72. The molecule has 0 atom stereocenters. The van der Waals surface area contributed by atoms with Crippen LogP contribution in [-0.2, 0) is 30.5 Å². The van der Waals surface area contributed by atoms with Gasteiger partial charge in [0.25, 0.3) is 10.0 Å². The van der Waals surface area contributed by atoms with Crippen LogP contribution in [0.2, 0.25) is 0 Å². The predicted octanol–water partition coefficient (Wildman–Crippen LogP) is 4.18. The summed E-state index contributed by atoms with van der Waals surface area (Å²) in [5.41, 5.74) is 2.71. The molecule has 0 bridgehead atoms. The number of nitrogens with zero attached hydrogens (tertiary/aromatic N) is 4. The molecule has 1 heterocycles. The fourth-order valence-electron chi connectivity index (χ4n) is 3.86. The van der Waals surface area contributed by atoms with Crippen LogP contribution in [0.5, 0.6) is 0 Å². The Balaban J connectivity index is 1.28. The topological polar surface area (TPSA) is 167 Å². The van der Waals surface area contributed by atoms with E-state index in [2.05, 4.69) is 5.10 Å². The van der Waals surface area contributed by atoms with E-state index in [4.69, 9.17) is 14.3 Å². The van der Waals surface area contributed by atoms with Gasteiger partial charge >= 0.3 is 18.2 Å². The van der Waals surface area contributed by atoms with Gasteiger partial charge in [-0.25, -0.2) is 42.5 Å². The summed E-state index contributed by atoms with van der Waals surface area (Å²) in [4.78, 5) is 28.4. The van der Waals surface area contributed by atoms with E-state index < -0.39 is 47.4 Å². The van der Waals surface area contributed by atoms with Gasteiger partial charge in [-0.15, -0.1) is 5.59 Å². The third-order valence-corrected chi connectivity index (χ3v) is 7.64. The minimum absolute atomic E-state index is 0.109. The molecule has 18 heteroatoms. The monoisotopic (exact) mass is 677 g/mol. The number of rotatable bonds is 13. The summed E-state index contributed by atoms with van der Waals surface area (Å²) in [6, 6.07) is 20.4. The number of sulfonamides is 1. The molecule has 0 radical (unpaired) electrons. The molecular formula is C29H28F3N6O8S-. The van der Waals surface area contributed by atoms with Gasteiger partial charge in [0, 0.05) is 19.2 Å². The summed E-state index contributed by atoms with van der Waals surface area (Å²) < 4.78 is 78.3. The van der Waals surface area contributed by atoms with Crippen LogP contribution in [-0.4, -0.2) is 67.5 Å². The van der Waals surface area contributed by atoms with E-state index in [1.54, 1.807) is 47.2 Å².